The summed E-state index contributed by atoms with van der Waals surface area (Å²) >= 11 is 0. The highest BCUT2D eigenvalue weighted by atomic mass is 15.1. The Bertz CT molecular complexity index is 478. The topological polar surface area (TPSA) is 44.0 Å². The van der Waals surface area contributed by atoms with Crippen LogP contribution in [0.4, 0.5) is 0 Å². The average Bonchev–Trinajstić information content (AvgIpc) is 2.81. The molecule has 0 spiro atoms. The van der Waals surface area contributed by atoms with Crippen LogP contribution >= 0.6 is 0 Å². The Kier molecular flexibility index (Phi) is 3.30. The molecule has 0 atom stereocenters. The van der Waals surface area contributed by atoms with Gasteiger partial charge in [0.1, 0.15) is 5.82 Å². The van der Waals surface area contributed by atoms with Crippen LogP contribution in [-0.4, -0.2) is 41.0 Å². The molecular formula is C14H20N4. The van der Waals surface area contributed by atoms with Gasteiger partial charge in [-0.3, -0.25) is 0 Å². The molecule has 96 valence electrons. The number of imidazole rings is 1. The molecule has 0 bridgehead atoms. The first-order chi connectivity index (χ1) is 8.81. The summed E-state index contributed by atoms with van der Waals surface area (Å²) in [6.45, 7) is 3.22. The maximum atomic E-state index is 4.58. The fourth-order valence-corrected chi connectivity index (χ4v) is 2.54. The number of nitrogens with zero attached hydrogens (tertiary/aromatic N) is 2. The molecule has 1 aromatic heterocycles. The van der Waals surface area contributed by atoms with Gasteiger partial charge < -0.3 is 15.2 Å². The van der Waals surface area contributed by atoms with Crippen LogP contribution in [0.5, 0.6) is 0 Å². The summed E-state index contributed by atoms with van der Waals surface area (Å²) < 4.78 is 0. The Morgan fingerprint density at radius 1 is 1.33 bits per heavy atom. The molecule has 0 unspecified atom stereocenters. The molecule has 0 amide bonds. The molecule has 0 radical (unpaired) electrons. The van der Waals surface area contributed by atoms with Gasteiger partial charge in [0, 0.05) is 6.04 Å². The van der Waals surface area contributed by atoms with Crippen LogP contribution in [0.25, 0.3) is 11.0 Å². The number of fused-ring (bicyclic) bond motifs is 1. The molecule has 1 fully saturated rings. The maximum Gasteiger partial charge on any atom is 0.121 e. The SMILES string of the molecule is CN1CCC(NCc2nc3ccccc3[nH]2)CC1. The van der Waals surface area contributed by atoms with Gasteiger partial charge in [0.25, 0.3) is 0 Å². The van der Waals surface area contributed by atoms with Crippen molar-refractivity contribution in [2.45, 2.75) is 25.4 Å². The normalized spacial score (nSPS) is 18.5. The van der Waals surface area contributed by atoms with Gasteiger partial charge in [-0.05, 0) is 45.1 Å². The van der Waals surface area contributed by atoms with E-state index in [1.54, 1.807) is 0 Å². The monoisotopic (exact) mass is 244 g/mol. The first-order valence-corrected chi connectivity index (χ1v) is 6.67. The van der Waals surface area contributed by atoms with Gasteiger partial charge in [0.15, 0.2) is 0 Å². The van der Waals surface area contributed by atoms with Crippen molar-refractivity contribution in [2.75, 3.05) is 20.1 Å². The molecule has 1 saturated heterocycles. The Morgan fingerprint density at radius 2 is 2.11 bits per heavy atom. The van der Waals surface area contributed by atoms with Crippen molar-refractivity contribution < 1.29 is 0 Å². The van der Waals surface area contributed by atoms with Crippen LogP contribution < -0.4 is 5.32 Å². The lowest BCUT2D eigenvalue weighted by atomic mass is 10.1. The molecule has 3 rings (SSSR count). The van der Waals surface area contributed by atoms with Crippen molar-refractivity contribution in [1.29, 1.82) is 0 Å². The molecule has 2 heterocycles. The van der Waals surface area contributed by atoms with E-state index in [0.29, 0.717) is 6.04 Å². The summed E-state index contributed by atoms with van der Waals surface area (Å²) in [5, 5.41) is 3.60. The third kappa shape index (κ3) is 2.54. The smallest absolute Gasteiger partial charge is 0.121 e. The van der Waals surface area contributed by atoms with E-state index in [2.05, 4.69) is 33.3 Å². The number of hydrogen-bond donors (Lipinski definition) is 2. The Hall–Kier alpha value is -1.39. The van der Waals surface area contributed by atoms with E-state index >= 15 is 0 Å². The average molecular weight is 244 g/mol. The Labute approximate surface area is 107 Å². The molecule has 2 aromatic rings. The number of benzene rings is 1. The molecule has 18 heavy (non-hydrogen) atoms. The highest BCUT2D eigenvalue weighted by molar-refractivity contribution is 5.74. The standard InChI is InChI=1S/C14H20N4/c1-18-8-6-11(7-9-18)15-10-14-16-12-4-2-3-5-13(12)17-14/h2-5,11,15H,6-10H2,1H3,(H,16,17). The highest BCUT2D eigenvalue weighted by Gasteiger charge is 2.16. The minimum Gasteiger partial charge on any atom is -0.341 e. The lowest BCUT2D eigenvalue weighted by Gasteiger charge is -2.29. The summed E-state index contributed by atoms with van der Waals surface area (Å²) in [5.41, 5.74) is 2.18. The number of piperidine rings is 1. The van der Waals surface area contributed by atoms with E-state index in [0.717, 1.165) is 23.4 Å². The number of rotatable bonds is 3. The van der Waals surface area contributed by atoms with Crippen molar-refractivity contribution >= 4 is 11.0 Å². The van der Waals surface area contributed by atoms with Crippen LogP contribution in [0.3, 0.4) is 0 Å². The van der Waals surface area contributed by atoms with Crippen LogP contribution in [0.2, 0.25) is 0 Å². The van der Waals surface area contributed by atoms with Gasteiger partial charge in [-0.2, -0.15) is 0 Å². The van der Waals surface area contributed by atoms with E-state index in [1.807, 2.05) is 18.2 Å². The molecule has 1 aliphatic rings. The van der Waals surface area contributed by atoms with Crippen molar-refractivity contribution in [1.82, 2.24) is 20.2 Å². The lowest BCUT2D eigenvalue weighted by Crippen LogP contribution is -2.40. The minimum absolute atomic E-state index is 0.634. The number of aromatic nitrogens is 2. The zero-order chi connectivity index (χ0) is 12.4. The second-order valence-corrected chi connectivity index (χ2v) is 5.16. The van der Waals surface area contributed by atoms with Gasteiger partial charge in [0.05, 0.1) is 17.6 Å². The van der Waals surface area contributed by atoms with E-state index in [-0.39, 0.29) is 0 Å². The highest BCUT2D eigenvalue weighted by Crippen LogP contribution is 2.12. The number of nitrogens with one attached hydrogen (secondary N) is 2. The number of para-hydroxylation sites is 2. The van der Waals surface area contributed by atoms with Crippen molar-refractivity contribution in [2.24, 2.45) is 0 Å². The summed E-state index contributed by atoms with van der Waals surface area (Å²) in [4.78, 5) is 10.3. The summed E-state index contributed by atoms with van der Waals surface area (Å²) in [7, 11) is 2.19. The van der Waals surface area contributed by atoms with Crippen LogP contribution in [0.15, 0.2) is 24.3 Å². The Morgan fingerprint density at radius 3 is 2.89 bits per heavy atom. The summed E-state index contributed by atoms with van der Waals surface area (Å²) in [5.74, 6) is 1.04. The van der Waals surface area contributed by atoms with Gasteiger partial charge in [-0.15, -0.1) is 0 Å². The van der Waals surface area contributed by atoms with E-state index in [1.165, 1.54) is 25.9 Å². The predicted octanol–water partition coefficient (Wildman–Crippen LogP) is 1.75. The van der Waals surface area contributed by atoms with E-state index in [4.69, 9.17) is 0 Å². The molecule has 2 N–H and O–H groups in total. The molecule has 0 saturated carbocycles. The number of hydrogen-bond acceptors (Lipinski definition) is 3. The van der Waals surface area contributed by atoms with Gasteiger partial charge in [-0.1, -0.05) is 12.1 Å². The fraction of sp³-hybridized carbons (Fsp3) is 0.500. The molecular weight excluding hydrogens is 224 g/mol. The molecule has 4 heteroatoms. The molecule has 1 aliphatic heterocycles. The van der Waals surface area contributed by atoms with Crippen molar-refractivity contribution in [3.8, 4) is 0 Å². The number of likely N-dealkylation sites (tertiary alicyclic amines) is 1. The van der Waals surface area contributed by atoms with Gasteiger partial charge >= 0.3 is 0 Å². The third-order valence-electron chi connectivity index (χ3n) is 3.72. The minimum atomic E-state index is 0.634. The Balaban J connectivity index is 1.59. The van der Waals surface area contributed by atoms with Gasteiger partial charge in [0.2, 0.25) is 0 Å². The predicted molar refractivity (Wildman–Crippen MR) is 73.5 cm³/mol. The first-order valence-electron chi connectivity index (χ1n) is 6.67. The van der Waals surface area contributed by atoms with Gasteiger partial charge in [-0.25, -0.2) is 4.98 Å². The second-order valence-electron chi connectivity index (χ2n) is 5.16. The van der Waals surface area contributed by atoms with E-state index in [9.17, 15) is 0 Å². The fourth-order valence-electron chi connectivity index (χ4n) is 2.54. The first kappa shape index (κ1) is 11.7. The maximum absolute atomic E-state index is 4.58. The second kappa shape index (κ2) is 5.08. The number of H-pyrrole nitrogens is 1. The summed E-state index contributed by atoms with van der Waals surface area (Å²) in [6, 6.07) is 8.81. The quantitative estimate of drug-likeness (QED) is 0.864. The lowest BCUT2D eigenvalue weighted by molar-refractivity contribution is 0.233. The van der Waals surface area contributed by atoms with Crippen LogP contribution in [0, 0.1) is 0 Å². The van der Waals surface area contributed by atoms with Crippen molar-refractivity contribution in [3.05, 3.63) is 30.1 Å². The number of aromatic amines is 1. The van der Waals surface area contributed by atoms with Crippen LogP contribution in [-0.2, 0) is 6.54 Å². The third-order valence-corrected chi connectivity index (χ3v) is 3.72. The van der Waals surface area contributed by atoms with Crippen molar-refractivity contribution in [3.63, 3.8) is 0 Å². The molecule has 0 aliphatic carbocycles. The summed E-state index contributed by atoms with van der Waals surface area (Å²) in [6.07, 6.45) is 2.47. The van der Waals surface area contributed by atoms with E-state index < -0.39 is 0 Å². The molecule has 1 aromatic carbocycles. The largest absolute Gasteiger partial charge is 0.341 e. The zero-order valence-electron chi connectivity index (χ0n) is 10.8. The van der Waals surface area contributed by atoms with Crippen LogP contribution in [0.1, 0.15) is 18.7 Å². The molecule has 4 nitrogen and oxygen atoms in total. The zero-order valence-corrected chi connectivity index (χ0v) is 10.8.